The largest absolute Gasteiger partial charge is 0.492 e. The molecule has 0 aliphatic carbocycles. The molecule has 2 amide bonds. The van der Waals surface area contributed by atoms with Gasteiger partial charge in [-0.3, -0.25) is 14.5 Å². The number of benzene rings is 1. The minimum absolute atomic E-state index is 0.0122. The number of carbonyl (C=O) groups is 2. The SMILES string of the molecule is CCOc1ccc(NC(=O)CN2CCC(C(=O)N(CC)CC)CC2)cc1S(=O)(=O)N(CC)CC. The van der Waals surface area contributed by atoms with Crippen molar-refractivity contribution in [3.63, 3.8) is 0 Å². The fourth-order valence-corrected chi connectivity index (χ4v) is 5.91. The lowest BCUT2D eigenvalue weighted by Crippen LogP contribution is -2.44. The first kappa shape index (κ1) is 28.1. The van der Waals surface area contributed by atoms with Gasteiger partial charge in [0.1, 0.15) is 10.6 Å². The predicted octanol–water partition coefficient (Wildman–Crippen LogP) is 2.63. The van der Waals surface area contributed by atoms with Gasteiger partial charge < -0.3 is 15.0 Å². The van der Waals surface area contributed by atoms with Gasteiger partial charge in [-0.15, -0.1) is 0 Å². The number of amides is 2. The summed E-state index contributed by atoms with van der Waals surface area (Å²) in [4.78, 5) is 29.2. The fraction of sp³-hybridized carbons (Fsp3) is 0.667. The molecule has 1 aliphatic heterocycles. The van der Waals surface area contributed by atoms with Gasteiger partial charge in [0, 0.05) is 37.8 Å². The molecule has 34 heavy (non-hydrogen) atoms. The maximum atomic E-state index is 13.1. The van der Waals surface area contributed by atoms with E-state index in [2.05, 4.69) is 5.32 Å². The molecule has 1 saturated heterocycles. The van der Waals surface area contributed by atoms with Crippen molar-refractivity contribution in [2.45, 2.75) is 52.4 Å². The third kappa shape index (κ3) is 6.93. The number of hydrogen-bond donors (Lipinski definition) is 1. The maximum Gasteiger partial charge on any atom is 0.246 e. The molecule has 0 radical (unpaired) electrons. The van der Waals surface area contributed by atoms with E-state index in [1.807, 2.05) is 23.6 Å². The molecule has 0 atom stereocenters. The zero-order valence-electron chi connectivity index (χ0n) is 21.2. The van der Waals surface area contributed by atoms with Crippen molar-refractivity contribution < 1.29 is 22.7 Å². The summed E-state index contributed by atoms with van der Waals surface area (Å²) in [5, 5.41) is 2.82. The first-order chi connectivity index (χ1) is 16.2. The van der Waals surface area contributed by atoms with Gasteiger partial charge >= 0.3 is 0 Å². The minimum Gasteiger partial charge on any atom is -0.492 e. The monoisotopic (exact) mass is 496 g/mol. The van der Waals surface area contributed by atoms with Crippen LogP contribution in [0.2, 0.25) is 0 Å². The van der Waals surface area contributed by atoms with Crippen molar-refractivity contribution in [1.82, 2.24) is 14.1 Å². The molecular formula is C24H40N4O5S. The van der Waals surface area contributed by atoms with Crippen molar-refractivity contribution in [2.75, 3.05) is 57.7 Å². The number of nitrogens with zero attached hydrogens (tertiary/aromatic N) is 3. The molecule has 1 heterocycles. The number of anilines is 1. The summed E-state index contributed by atoms with van der Waals surface area (Å²) in [6, 6.07) is 4.70. The van der Waals surface area contributed by atoms with Crippen LogP contribution in [-0.2, 0) is 19.6 Å². The Morgan fingerprint density at radius 2 is 1.65 bits per heavy atom. The molecule has 9 nitrogen and oxygen atoms in total. The first-order valence-electron chi connectivity index (χ1n) is 12.3. The number of nitrogens with one attached hydrogen (secondary N) is 1. The van der Waals surface area contributed by atoms with Crippen LogP contribution >= 0.6 is 0 Å². The first-order valence-corrected chi connectivity index (χ1v) is 13.7. The summed E-state index contributed by atoms with van der Waals surface area (Å²) < 4.78 is 33.1. The Bertz CT molecular complexity index is 921. The van der Waals surface area contributed by atoms with Crippen molar-refractivity contribution in [3.8, 4) is 5.75 Å². The molecule has 1 aliphatic rings. The molecule has 192 valence electrons. The molecule has 2 rings (SSSR count). The van der Waals surface area contributed by atoms with E-state index in [0.29, 0.717) is 51.6 Å². The van der Waals surface area contributed by atoms with Crippen LogP contribution in [0.1, 0.15) is 47.5 Å². The number of likely N-dealkylation sites (tertiary alicyclic amines) is 1. The Balaban J connectivity index is 2.05. The lowest BCUT2D eigenvalue weighted by molar-refractivity contribution is -0.136. The maximum absolute atomic E-state index is 13.1. The van der Waals surface area contributed by atoms with E-state index in [0.717, 1.165) is 12.8 Å². The smallest absolute Gasteiger partial charge is 0.246 e. The molecule has 1 aromatic carbocycles. The summed E-state index contributed by atoms with van der Waals surface area (Å²) in [6.07, 6.45) is 1.47. The van der Waals surface area contributed by atoms with Gasteiger partial charge in [-0.1, -0.05) is 13.8 Å². The van der Waals surface area contributed by atoms with E-state index in [-0.39, 0.29) is 34.9 Å². The molecule has 0 unspecified atom stereocenters. The molecule has 1 aromatic rings. The quantitative estimate of drug-likeness (QED) is 0.478. The number of rotatable bonds is 12. The van der Waals surface area contributed by atoms with Crippen LogP contribution in [-0.4, -0.2) is 86.8 Å². The molecule has 1 fully saturated rings. The van der Waals surface area contributed by atoms with Gasteiger partial charge in [-0.2, -0.15) is 4.31 Å². The number of ether oxygens (including phenoxy) is 1. The van der Waals surface area contributed by atoms with Crippen LogP contribution in [0.4, 0.5) is 5.69 Å². The van der Waals surface area contributed by atoms with Crippen molar-refractivity contribution in [3.05, 3.63) is 18.2 Å². The third-order valence-corrected chi connectivity index (χ3v) is 8.30. The Kier molecular flexibility index (Phi) is 10.8. The van der Waals surface area contributed by atoms with Crippen LogP contribution in [0.3, 0.4) is 0 Å². The summed E-state index contributed by atoms with van der Waals surface area (Å²) in [6.45, 7) is 13.3. The highest BCUT2D eigenvalue weighted by Crippen LogP contribution is 2.30. The number of piperidine rings is 1. The third-order valence-electron chi connectivity index (χ3n) is 6.23. The summed E-state index contributed by atoms with van der Waals surface area (Å²) in [5.74, 6) is 0.264. The van der Waals surface area contributed by atoms with Gasteiger partial charge in [0.05, 0.1) is 13.2 Å². The Hall–Kier alpha value is -2.17. The van der Waals surface area contributed by atoms with E-state index in [4.69, 9.17) is 4.74 Å². The number of sulfonamides is 1. The molecule has 0 saturated carbocycles. The standard InChI is InChI=1S/C24H40N4O5S/c1-6-27(7-2)24(30)19-13-15-26(16-14-19)18-23(29)25-20-11-12-21(33-10-5)22(17-20)34(31,32)28(8-3)9-4/h11-12,17,19H,6-10,13-16,18H2,1-5H3,(H,25,29). The van der Waals surface area contributed by atoms with E-state index in [1.54, 1.807) is 32.9 Å². The van der Waals surface area contributed by atoms with Crippen LogP contribution < -0.4 is 10.1 Å². The Morgan fingerprint density at radius 1 is 1.03 bits per heavy atom. The second-order valence-electron chi connectivity index (χ2n) is 8.29. The van der Waals surface area contributed by atoms with Gasteiger partial charge in [0.25, 0.3) is 0 Å². The van der Waals surface area contributed by atoms with E-state index in [9.17, 15) is 18.0 Å². The highest BCUT2D eigenvalue weighted by Gasteiger charge is 2.29. The average Bonchev–Trinajstić information content (AvgIpc) is 2.82. The van der Waals surface area contributed by atoms with E-state index >= 15 is 0 Å². The predicted molar refractivity (Wildman–Crippen MR) is 133 cm³/mol. The topological polar surface area (TPSA) is 99.3 Å². The van der Waals surface area contributed by atoms with E-state index < -0.39 is 10.0 Å². The van der Waals surface area contributed by atoms with Crippen LogP contribution in [0, 0.1) is 5.92 Å². The molecule has 0 spiro atoms. The van der Waals surface area contributed by atoms with E-state index in [1.165, 1.54) is 10.4 Å². The van der Waals surface area contributed by atoms with Gasteiger partial charge in [-0.05, 0) is 64.9 Å². The average molecular weight is 497 g/mol. The second kappa shape index (κ2) is 13.1. The minimum atomic E-state index is -3.75. The molecular weight excluding hydrogens is 456 g/mol. The van der Waals surface area contributed by atoms with Crippen molar-refractivity contribution >= 4 is 27.5 Å². The van der Waals surface area contributed by atoms with Gasteiger partial charge in [0.2, 0.25) is 21.8 Å². The second-order valence-corrected chi connectivity index (χ2v) is 10.2. The molecule has 0 aromatic heterocycles. The molecule has 1 N–H and O–H groups in total. The summed E-state index contributed by atoms with van der Waals surface area (Å²) in [5.41, 5.74) is 0.408. The fourth-order valence-electron chi connectivity index (χ4n) is 4.30. The Morgan fingerprint density at radius 3 is 2.18 bits per heavy atom. The summed E-state index contributed by atoms with van der Waals surface area (Å²) >= 11 is 0. The van der Waals surface area contributed by atoms with Crippen LogP contribution in [0.15, 0.2) is 23.1 Å². The normalized spacial score (nSPS) is 15.4. The van der Waals surface area contributed by atoms with Crippen LogP contribution in [0.25, 0.3) is 0 Å². The zero-order valence-corrected chi connectivity index (χ0v) is 22.0. The van der Waals surface area contributed by atoms with Crippen molar-refractivity contribution in [2.24, 2.45) is 5.92 Å². The molecule has 0 bridgehead atoms. The molecule has 10 heteroatoms. The Labute approximate surface area is 204 Å². The van der Waals surface area contributed by atoms with Crippen LogP contribution in [0.5, 0.6) is 5.75 Å². The highest BCUT2D eigenvalue weighted by atomic mass is 32.2. The highest BCUT2D eigenvalue weighted by molar-refractivity contribution is 7.89. The lowest BCUT2D eigenvalue weighted by atomic mass is 9.95. The zero-order chi connectivity index (χ0) is 25.3. The lowest BCUT2D eigenvalue weighted by Gasteiger charge is -2.33. The number of carbonyl (C=O) groups excluding carboxylic acids is 2. The number of hydrogen-bond acceptors (Lipinski definition) is 6. The summed E-state index contributed by atoms with van der Waals surface area (Å²) in [7, 11) is -3.75. The van der Waals surface area contributed by atoms with Gasteiger partial charge in [-0.25, -0.2) is 8.42 Å². The van der Waals surface area contributed by atoms with Gasteiger partial charge in [0.15, 0.2) is 0 Å². The van der Waals surface area contributed by atoms with Crippen molar-refractivity contribution in [1.29, 1.82) is 0 Å².